The third-order valence-corrected chi connectivity index (χ3v) is 4.13. The first-order valence-corrected chi connectivity index (χ1v) is 6.61. The fourth-order valence-electron chi connectivity index (χ4n) is 1.50. The number of aliphatic hydroxyl groups is 1. The first-order chi connectivity index (χ1) is 7.66. The van der Waals surface area contributed by atoms with E-state index in [0.717, 1.165) is 19.9 Å². The van der Waals surface area contributed by atoms with E-state index in [1.54, 1.807) is 17.5 Å². The summed E-state index contributed by atoms with van der Waals surface area (Å²) < 4.78 is 1.04. The van der Waals surface area contributed by atoms with E-state index >= 15 is 0 Å². The van der Waals surface area contributed by atoms with Gasteiger partial charge in [-0.25, -0.2) is 4.98 Å². The molecule has 1 N–H and O–H groups in total. The van der Waals surface area contributed by atoms with Crippen molar-refractivity contribution in [1.29, 1.82) is 0 Å². The van der Waals surface area contributed by atoms with Crippen molar-refractivity contribution < 1.29 is 5.11 Å². The van der Waals surface area contributed by atoms with Gasteiger partial charge in [-0.15, -0.1) is 11.3 Å². The Morgan fingerprint density at radius 2 is 2.19 bits per heavy atom. The average molecular weight is 298 g/mol. The van der Waals surface area contributed by atoms with Gasteiger partial charge in [-0.05, 0) is 18.6 Å². The summed E-state index contributed by atoms with van der Waals surface area (Å²) in [7, 11) is 0. The summed E-state index contributed by atoms with van der Waals surface area (Å²) in [6, 6.07) is 7.95. The number of hydrogen-bond donors (Lipinski definition) is 1. The van der Waals surface area contributed by atoms with Gasteiger partial charge in [0.05, 0.1) is 16.0 Å². The number of nitrogens with zero attached hydrogens (tertiary/aromatic N) is 1. The Labute approximate surface area is 107 Å². The van der Waals surface area contributed by atoms with Crippen LogP contribution in [0, 0.1) is 6.92 Å². The third-order valence-electron chi connectivity index (χ3n) is 2.34. The van der Waals surface area contributed by atoms with Gasteiger partial charge in [0, 0.05) is 17.1 Å². The molecule has 1 atom stereocenters. The molecule has 2 nitrogen and oxygen atoms in total. The minimum absolute atomic E-state index is 0.468. The molecular formula is C12H12BrNOS. The molecule has 84 valence electrons. The zero-order chi connectivity index (χ0) is 11.5. The zero-order valence-corrected chi connectivity index (χ0v) is 11.3. The maximum absolute atomic E-state index is 10.1. The highest BCUT2D eigenvalue weighted by Gasteiger charge is 2.12. The number of aryl methyl sites for hydroxylation is 1. The zero-order valence-electron chi connectivity index (χ0n) is 8.85. The minimum Gasteiger partial charge on any atom is -0.387 e. The number of benzene rings is 1. The molecule has 2 aromatic rings. The van der Waals surface area contributed by atoms with Gasteiger partial charge in [0.25, 0.3) is 0 Å². The molecule has 0 fully saturated rings. The van der Waals surface area contributed by atoms with Crippen LogP contribution in [0.2, 0.25) is 0 Å². The molecule has 0 aliphatic heterocycles. The van der Waals surface area contributed by atoms with Crippen molar-refractivity contribution in [3.05, 3.63) is 50.4 Å². The lowest BCUT2D eigenvalue weighted by molar-refractivity contribution is 0.182. The molecule has 1 unspecified atom stereocenters. The second-order valence-electron chi connectivity index (χ2n) is 3.59. The lowest BCUT2D eigenvalue weighted by Gasteiger charge is -2.09. The molecule has 16 heavy (non-hydrogen) atoms. The Balaban J connectivity index is 2.13. The predicted octanol–water partition coefficient (Wildman–Crippen LogP) is 3.49. The fourth-order valence-corrected chi connectivity index (χ4v) is 2.72. The van der Waals surface area contributed by atoms with Crippen LogP contribution >= 0.6 is 27.3 Å². The van der Waals surface area contributed by atoms with Crippen LogP contribution in [-0.4, -0.2) is 10.1 Å². The summed E-state index contributed by atoms with van der Waals surface area (Å²) in [5.74, 6) is 0. The molecule has 0 bridgehead atoms. The van der Waals surface area contributed by atoms with Crippen molar-refractivity contribution >= 4 is 27.3 Å². The van der Waals surface area contributed by atoms with Crippen LogP contribution < -0.4 is 0 Å². The summed E-state index contributed by atoms with van der Waals surface area (Å²) in [6.45, 7) is 1.94. The Morgan fingerprint density at radius 3 is 2.81 bits per heavy atom. The molecule has 4 heteroatoms. The van der Waals surface area contributed by atoms with Crippen LogP contribution in [0.5, 0.6) is 0 Å². The maximum Gasteiger partial charge on any atom is 0.0938 e. The highest BCUT2D eigenvalue weighted by Crippen LogP contribution is 2.26. The van der Waals surface area contributed by atoms with Gasteiger partial charge in [-0.1, -0.05) is 34.1 Å². The SMILES string of the molecule is Cc1ncc(C(O)Cc2ccccc2Br)s1. The lowest BCUT2D eigenvalue weighted by atomic mass is 10.1. The molecule has 1 aromatic heterocycles. The molecule has 0 saturated carbocycles. The molecule has 1 aromatic carbocycles. The first-order valence-electron chi connectivity index (χ1n) is 5.00. The quantitative estimate of drug-likeness (QED) is 0.941. The van der Waals surface area contributed by atoms with E-state index in [1.165, 1.54) is 0 Å². The van der Waals surface area contributed by atoms with Gasteiger partial charge in [0.2, 0.25) is 0 Å². The van der Waals surface area contributed by atoms with Crippen LogP contribution in [0.1, 0.15) is 21.6 Å². The summed E-state index contributed by atoms with van der Waals surface area (Å²) >= 11 is 5.02. The highest BCUT2D eigenvalue weighted by atomic mass is 79.9. The average Bonchev–Trinajstić information content (AvgIpc) is 2.68. The monoisotopic (exact) mass is 297 g/mol. The highest BCUT2D eigenvalue weighted by molar-refractivity contribution is 9.10. The van der Waals surface area contributed by atoms with Crippen molar-refractivity contribution in [3.63, 3.8) is 0 Å². The summed E-state index contributed by atoms with van der Waals surface area (Å²) in [6.07, 6.45) is 1.90. The Hall–Kier alpha value is -0.710. The van der Waals surface area contributed by atoms with E-state index < -0.39 is 6.10 Å². The Bertz CT molecular complexity index is 483. The minimum atomic E-state index is -0.468. The van der Waals surface area contributed by atoms with E-state index in [1.807, 2.05) is 31.2 Å². The number of halogens is 1. The smallest absolute Gasteiger partial charge is 0.0938 e. The second-order valence-corrected chi connectivity index (χ2v) is 5.71. The Morgan fingerprint density at radius 1 is 1.44 bits per heavy atom. The van der Waals surface area contributed by atoms with E-state index in [4.69, 9.17) is 0 Å². The second kappa shape index (κ2) is 5.08. The summed E-state index contributed by atoms with van der Waals surface area (Å²) in [5, 5.41) is 11.0. The largest absolute Gasteiger partial charge is 0.387 e. The standard InChI is InChI=1S/C12H12BrNOS/c1-8-14-7-12(16-8)11(15)6-9-4-2-3-5-10(9)13/h2-5,7,11,15H,6H2,1H3. The normalized spacial score (nSPS) is 12.7. The molecule has 0 saturated heterocycles. The van der Waals surface area contributed by atoms with Crippen LogP contribution in [0.15, 0.2) is 34.9 Å². The van der Waals surface area contributed by atoms with Gasteiger partial charge in [-0.2, -0.15) is 0 Å². The number of hydrogen-bond acceptors (Lipinski definition) is 3. The number of thiazole rings is 1. The van der Waals surface area contributed by atoms with Crippen molar-refractivity contribution in [2.24, 2.45) is 0 Å². The van der Waals surface area contributed by atoms with Crippen LogP contribution in [0.3, 0.4) is 0 Å². The molecule has 0 radical (unpaired) electrons. The number of aliphatic hydroxyl groups excluding tert-OH is 1. The van der Waals surface area contributed by atoms with Crippen molar-refractivity contribution in [2.75, 3.05) is 0 Å². The molecule has 0 aliphatic carbocycles. The van der Waals surface area contributed by atoms with Gasteiger partial charge in [0.1, 0.15) is 0 Å². The summed E-state index contributed by atoms with van der Waals surface area (Å²) in [4.78, 5) is 5.07. The molecule has 0 aliphatic rings. The van der Waals surface area contributed by atoms with Crippen molar-refractivity contribution in [2.45, 2.75) is 19.4 Å². The number of aromatic nitrogens is 1. The van der Waals surface area contributed by atoms with E-state index in [9.17, 15) is 5.11 Å². The van der Waals surface area contributed by atoms with Gasteiger partial charge in [-0.3, -0.25) is 0 Å². The van der Waals surface area contributed by atoms with E-state index in [-0.39, 0.29) is 0 Å². The van der Waals surface area contributed by atoms with E-state index in [0.29, 0.717) is 6.42 Å². The van der Waals surface area contributed by atoms with Crippen molar-refractivity contribution in [1.82, 2.24) is 4.98 Å². The third kappa shape index (κ3) is 2.70. The van der Waals surface area contributed by atoms with Crippen molar-refractivity contribution in [3.8, 4) is 0 Å². The van der Waals surface area contributed by atoms with Crippen LogP contribution in [0.4, 0.5) is 0 Å². The molecule has 2 rings (SSSR count). The topological polar surface area (TPSA) is 33.1 Å². The molecule has 1 heterocycles. The van der Waals surface area contributed by atoms with Gasteiger partial charge >= 0.3 is 0 Å². The predicted molar refractivity (Wildman–Crippen MR) is 69.7 cm³/mol. The molecule has 0 amide bonds. The fraction of sp³-hybridized carbons (Fsp3) is 0.250. The van der Waals surface area contributed by atoms with Crippen LogP contribution in [0.25, 0.3) is 0 Å². The Kier molecular flexibility index (Phi) is 3.74. The van der Waals surface area contributed by atoms with Gasteiger partial charge in [0.15, 0.2) is 0 Å². The maximum atomic E-state index is 10.1. The lowest BCUT2D eigenvalue weighted by Crippen LogP contribution is -2.00. The summed E-state index contributed by atoms with van der Waals surface area (Å²) in [5.41, 5.74) is 1.11. The van der Waals surface area contributed by atoms with Crippen LogP contribution in [-0.2, 0) is 6.42 Å². The molecule has 0 spiro atoms. The molecular weight excluding hydrogens is 286 g/mol. The number of rotatable bonds is 3. The van der Waals surface area contributed by atoms with E-state index in [2.05, 4.69) is 20.9 Å². The van der Waals surface area contributed by atoms with Gasteiger partial charge < -0.3 is 5.11 Å². The first kappa shape index (κ1) is 11.8.